The third-order valence-electron chi connectivity index (χ3n) is 5.10. The number of anilines is 1. The van der Waals surface area contributed by atoms with Gasteiger partial charge in [0.15, 0.2) is 6.10 Å². The first-order valence-electron chi connectivity index (χ1n) is 10.3. The number of amides is 2. The molecular formula is C23H27FN2O3S. The molecule has 0 spiro atoms. The summed E-state index contributed by atoms with van der Waals surface area (Å²) in [7, 11) is 0. The molecule has 1 atom stereocenters. The summed E-state index contributed by atoms with van der Waals surface area (Å²) in [6, 6.07) is 13.6. The zero-order valence-electron chi connectivity index (χ0n) is 17.3. The van der Waals surface area contributed by atoms with E-state index in [1.165, 1.54) is 23.9 Å². The van der Waals surface area contributed by atoms with Crippen LogP contribution >= 0.6 is 11.8 Å². The Morgan fingerprint density at radius 3 is 2.57 bits per heavy atom. The van der Waals surface area contributed by atoms with E-state index in [4.69, 9.17) is 4.74 Å². The van der Waals surface area contributed by atoms with Gasteiger partial charge in [0.1, 0.15) is 11.6 Å². The molecule has 160 valence electrons. The summed E-state index contributed by atoms with van der Waals surface area (Å²) in [5, 5.41) is 3.01. The van der Waals surface area contributed by atoms with Gasteiger partial charge in [0, 0.05) is 23.1 Å². The molecule has 1 heterocycles. The minimum absolute atomic E-state index is 0.0688. The highest BCUT2D eigenvalue weighted by Gasteiger charge is 2.34. The number of hydrogen-bond acceptors (Lipinski definition) is 4. The molecule has 0 aromatic heterocycles. The van der Waals surface area contributed by atoms with Crippen LogP contribution in [0.25, 0.3) is 0 Å². The van der Waals surface area contributed by atoms with Crippen LogP contribution in [0.1, 0.15) is 33.1 Å². The second kappa shape index (κ2) is 10.5. The van der Waals surface area contributed by atoms with Gasteiger partial charge in [0.2, 0.25) is 5.91 Å². The molecule has 1 unspecified atom stereocenters. The Balaban J connectivity index is 1.66. The van der Waals surface area contributed by atoms with Crippen molar-refractivity contribution in [1.82, 2.24) is 5.32 Å². The van der Waals surface area contributed by atoms with E-state index >= 15 is 0 Å². The lowest BCUT2D eigenvalue weighted by atomic mass is 10.1. The maximum absolute atomic E-state index is 13.0. The zero-order valence-corrected chi connectivity index (χ0v) is 18.1. The van der Waals surface area contributed by atoms with Gasteiger partial charge < -0.3 is 15.0 Å². The molecular weight excluding hydrogens is 403 g/mol. The summed E-state index contributed by atoms with van der Waals surface area (Å²) in [4.78, 5) is 28.2. The predicted octanol–water partition coefficient (Wildman–Crippen LogP) is 4.41. The number of benzene rings is 2. The lowest BCUT2D eigenvalue weighted by Crippen LogP contribution is -2.52. The van der Waals surface area contributed by atoms with Gasteiger partial charge in [-0.3, -0.25) is 9.59 Å². The van der Waals surface area contributed by atoms with Gasteiger partial charge in [-0.05, 0) is 49.2 Å². The first kappa shape index (κ1) is 22.2. The minimum atomic E-state index is -0.741. The molecule has 0 fully saturated rings. The largest absolute Gasteiger partial charge is 0.477 e. The normalized spacial score (nSPS) is 15.5. The van der Waals surface area contributed by atoms with Gasteiger partial charge in [0.25, 0.3) is 5.91 Å². The van der Waals surface area contributed by atoms with E-state index in [0.29, 0.717) is 23.6 Å². The van der Waals surface area contributed by atoms with E-state index in [-0.39, 0.29) is 30.2 Å². The highest BCUT2D eigenvalue weighted by Crippen LogP contribution is 2.34. The predicted molar refractivity (Wildman–Crippen MR) is 117 cm³/mol. The molecule has 0 saturated heterocycles. The molecule has 2 aromatic carbocycles. The van der Waals surface area contributed by atoms with Gasteiger partial charge in [-0.25, -0.2) is 4.39 Å². The second-order valence-electron chi connectivity index (χ2n) is 7.15. The molecule has 1 N–H and O–H groups in total. The molecule has 0 aliphatic carbocycles. The second-order valence-corrected chi connectivity index (χ2v) is 8.32. The maximum atomic E-state index is 13.0. The summed E-state index contributed by atoms with van der Waals surface area (Å²) >= 11 is 1.50. The molecule has 0 radical (unpaired) electrons. The van der Waals surface area contributed by atoms with Crippen molar-refractivity contribution in [2.75, 3.05) is 17.2 Å². The molecule has 7 heteroatoms. The Morgan fingerprint density at radius 2 is 1.87 bits per heavy atom. The molecule has 2 amide bonds. The summed E-state index contributed by atoms with van der Waals surface area (Å²) < 4.78 is 18.9. The van der Waals surface area contributed by atoms with Crippen LogP contribution in [0.15, 0.2) is 53.4 Å². The summed E-state index contributed by atoms with van der Waals surface area (Å²) in [5.41, 5.74) is 0.681. The van der Waals surface area contributed by atoms with Crippen LogP contribution in [0.2, 0.25) is 0 Å². The van der Waals surface area contributed by atoms with Crippen LogP contribution in [0, 0.1) is 5.82 Å². The molecule has 3 rings (SSSR count). The topological polar surface area (TPSA) is 58.6 Å². The van der Waals surface area contributed by atoms with E-state index in [0.717, 1.165) is 17.7 Å². The van der Waals surface area contributed by atoms with E-state index in [2.05, 4.69) is 5.32 Å². The molecule has 30 heavy (non-hydrogen) atoms. The molecule has 1 aliphatic rings. The average molecular weight is 431 g/mol. The average Bonchev–Trinajstić information content (AvgIpc) is 2.77. The summed E-state index contributed by atoms with van der Waals surface area (Å²) in [5.74, 6) is 0.553. The third kappa shape index (κ3) is 5.53. The fourth-order valence-electron chi connectivity index (χ4n) is 3.32. The minimum Gasteiger partial charge on any atom is -0.477 e. The van der Waals surface area contributed by atoms with Crippen molar-refractivity contribution in [3.8, 4) is 5.75 Å². The summed E-state index contributed by atoms with van der Waals surface area (Å²) in [6.07, 6.45) is 1.25. The molecule has 0 bridgehead atoms. The first-order chi connectivity index (χ1) is 14.5. The van der Waals surface area contributed by atoms with E-state index in [9.17, 15) is 14.0 Å². The number of rotatable bonds is 8. The van der Waals surface area contributed by atoms with E-state index in [1.54, 1.807) is 23.1 Å². The highest BCUT2D eigenvalue weighted by molar-refractivity contribution is 7.99. The SMILES string of the molecule is CCC(CC)NC(=O)C1CN(C(=O)CCSc2ccc(F)cc2)c2ccccc2O1. The number of halogens is 1. The fraction of sp³-hybridized carbons (Fsp3) is 0.391. The van der Waals surface area contributed by atoms with Gasteiger partial charge in [-0.15, -0.1) is 11.8 Å². The van der Waals surface area contributed by atoms with Crippen molar-refractivity contribution >= 4 is 29.3 Å². The van der Waals surface area contributed by atoms with E-state index < -0.39 is 6.10 Å². The molecule has 5 nitrogen and oxygen atoms in total. The molecule has 0 saturated carbocycles. The molecule has 2 aromatic rings. The Hall–Kier alpha value is -2.54. The van der Waals surface area contributed by atoms with Crippen LogP contribution in [0.4, 0.5) is 10.1 Å². The number of hydrogen-bond donors (Lipinski definition) is 1. The number of carbonyl (C=O) groups excluding carboxylic acids is 2. The van der Waals surface area contributed by atoms with Crippen molar-refractivity contribution in [3.63, 3.8) is 0 Å². The van der Waals surface area contributed by atoms with E-state index in [1.807, 2.05) is 32.0 Å². The van der Waals surface area contributed by atoms with Gasteiger partial charge >= 0.3 is 0 Å². The van der Waals surface area contributed by atoms with Crippen LogP contribution in [0.3, 0.4) is 0 Å². The Morgan fingerprint density at radius 1 is 1.17 bits per heavy atom. The third-order valence-corrected chi connectivity index (χ3v) is 6.11. The zero-order chi connectivity index (χ0) is 21.5. The van der Waals surface area contributed by atoms with Crippen molar-refractivity contribution < 1.29 is 18.7 Å². The first-order valence-corrected chi connectivity index (χ1v) is 11.2. The smallest absolute Gasteiger partial charge is 0.263 e. The maximum Gasteiger partial charge on any atom is 0.263 e. The van der Waals surface area contributed by atoms with Gasteiger partial charge in [-0.1, -0.05) is 26.0 Å². The van der Waals surface area contributed by atoms with Gasteiger partial charge in [0.05, 0.1) is 12.2 Å². The number of nitrogens with zero attached hydrogens (tertiary/aromatic N) is 1. The van der Waals surface area contributed by atoms with Crippen LogP contribution in [-0.2, 0) is 9.59 Å². The Kier molecular flexibility index (Phi) is 7.74. The van der Waals surface area contributed by atoms with Crippen LogP contribution in [0.5, 0.6) is 5.75 Å². The van der Waals surface area contributed by atoms with Crippen molar-refractivity contribution in [1.29, 1.82) is 0 Å². The highest BCUT2D eigenvalue weighted by atomic mass is 32.2. The summed E-state index contributed by atoms with van der Waals surface area (Å²) in [6.45, 7) is 4.24. The van der Waals surface area contributed by atoms with Gasteiger partial charge in [-0.2, -0.15) is 0 Å². The quantitative estimate of drug-likeness (QED) is 0.631. The fourth-order valence-corrected chi connectivity index (χ4v) is 4.16. The lowest BCUT2D eigenvalue weighted by molar-refractivity contribution is -0.129. The standard InChI is InChI=1S/C23H27FN2O3S/c1-3-17(4-2)25-23(28)21-15-26(19-7-5-6-8-20(19)29-21)22(27)13-14-30-18-11-9-16(24)10-12-18/h5-12,17,21H,3-4,13-15H2,1-2H3,(H,25,28). The number of ether oxygens (including phenoxy) is 1. The Bertz CT molecular complexity index is 871. The molecule has 1 aliphatic heterocycles. The number of fused-ring (bicyclic) bond motifs is 1. The van der Waals surface area contributed by atoms with Crippen molar-refractivity contribution in [2.45, 2.75) is 50.2 Å². The van der Waals surface area contributed by atoms with Crippen molar-refractivity contribution in [2.24, 2.45) is 0 Å². The van der Waals surface area contributed by atoms with Crippen LogP contribution < -0.4 is 15.0 Å². The number of thioether (sulfide) groups is 1. The number of nitrogens with one attached hydrogen (secondary N) is 1. The lowest BCUT2D eigenvalue weighted by Gasteiger charge is -2.34. The number of para-hydroxylation sites is 2. The number of carbonyl (C=O) groups is 2. The van der Waals surface area contributed by atoms with Crippen LogP contribution in [-0.4, -0.2) is 36.3 Å². The van der Waals surface area contributed by atoms with Crippen molar-refractivity contribution in [3.05, 3.63) is 54.3 Å². The Labute approximate surface area is 181 Å². The monoisotopic (exact) mass is 430 g/mol.